The van der Waals surface area contributed by atoms with Crippen molar-refractivity contribution < 1.29 is 13.2 Å². The minimum atomic E-state index is -3.60. The summed E-state index contributed by atoms with van der Waals surface area (Å²) >= 11 is 1.15. The van der Waals surface area contributed by atoms with Crippen LogP contribution in [0.4, 0.5) is 5.69 Å². The number of anilines is 1. The van der Waals surface area contributed by atoms with E-state index in [-0.39, 0.29) is 16.2 Å². The van der Waals surface area contributed by atoms with Gasteiger partial charge < -0.3 is 4.90 Å². The van der Waals surface area contributed by atoms with Gasteiger partial charge in [-0.15, -0.1) is 11.3 Å². The summed E-state index contributed by atoms with van der Waals surface area (Å²) in [6, 6.07) is 9.48. The molecule has 0 saturated heterocycles. The van der Waals surface area contributed by atoms with E-state index in [0.717, 1.165) is 16.9 Å². The summed E-state index contributed by atoms with van der Waals surface area (Å²) in [5.74, 6) is -0.154. The predicted octanol–water partition coefficient (Wildman–Crippen LogP) is 3.12. The Bertz CT molecular complexity index is 1030. The number of amides is 1. The van der Waals surface area contributed by atoms with Gasteiger partial charge >= 0.3 is 0 Å². The number of carbonyl (C=O) groups is 1. The van der Waals surface area contributed by atoms with E-state index in [1.54, 1.807) is 64.6 Å². The van der Waals surface area contributed by atoms with Crippen LogP contribution in [0.25, 0.3) is 0 Å². The van der Waals surface area contributed by atoms with E-state index in [2.05, 4.69) is 9.82 Å². The zero-order valence-electron chi connectivity index (χ0n) is 15.2. The standard InChI is InChI=1S/C18H20N4O3S2/c1-13(15-11-19-21(2)12-15)22(3)18(23)14-6-8-16(9-7-14)20-27(24,25)17-5-4-10-26-17/h4-13,20H,1-3H3. The number of carbonyl (C=O) groups excluding carboxylic acids is 1. The first-order valence-electron chi connectivity index (χ1n) is 8.20. The summed E-state index contributed by atoms with van der Waals surface area (Å²) in [6.07, 6.45) is 3.60. The SMILES string of the molecule is CC(c1cnn(C)c1)N(C)C(=O)c1ccc(NS(=O)(=O)c2cccs2)cc1. The van der Waals surface area contributed by atoms with Gasteiger partial charge in [0.25, 0.3) is 15.9 Å². The van der Waals surface area contributed by atoms with Gasteiger partial charge in [0.2, 0.25) is 0 Å². The first-order valence-corrected chi connectivity index (χ1v) is 10.6. The number of aryl methyl sites for hydroxylation is 1. The molecule has 1 N–H and O–H groups in total. The highest BCUT2D eigenvalue weighted by Gasteiger charge is 2.20. The van der Waals surface area contributed by atoms with E-state index in [1.165, 1.54) is 0 Å². The lowest BCUT2D eigenvalue weighted by molar-refractivity contribution is 0.0742. The number of sulfonamides is 1. The van der Waals surface area contributed by atoms with Crippen molar-refractivity contribution in [1.82, 2.24) is 14.7 Å². The molecule has 1 amide bonds. The third-order valence-corrected chi connectivity index (χ3v) is 7.03. The normalized spacial score (nSPS) is 12.6. The van der Waals surface area contributed by atoms with Gasteiger partial charge in [0.1, 0.15) is 4.21 Å². The monoisotopic (exact) mass is 404 g/mol. The fourth-order valence-electron chi connectivity index (χ4n) is 2.56. The molecular formula is C18H20N4O3S2. The van der Waals surface area contributed by atoms with Crippen LogP contribution in [0, 0.1) is 0 Å². The highest BCUT2D eigenvalue weighted by molar-refractivity contribution is 7.94. The summed E-state index contributed by atoms with van der Waals surface area (Å²) < 4.78 is 29.0. The molecule has 9 heteroatoms. The maximum absolute atomic E-state index is 12.7. The maximum Gasteiger partial charge on any atom is 0.271 e. The zero-order valence-corrected chi connectivity index (χ0v) is 16.8. The molecule has 0 aliphatic carbocycles. The maximum atomic E-state index is 12.7. The van der Waals surface area contributed by atoms with Crippen molar-refractivity contribution in [2.75, 3.05) is 11.8 Å². The Kier molecular flexibility index (Phi) is 5.33. The third-order valence-electron chi connectivity index (χ3n) is 4.25. The van der Waals surface area contributed by atoms with Crippen LogP contribution in [0.5, 0.6) is 0 Å². The van der Waals surface area contributed by atoms with Gasteiger partial charge in [-0.1, -0.05) is 6.07 Å². The molecule has 3 aromatic rings. The predicted molar refractivity (Wildman–Crippen MR) is 105 cm³/mol. The third kappa shape index (κ3) is 4.20. The molecule has 27 heavy (non-hydrogen) atoms. The molecule has 3 rings (SSSR count). The van der Waals surface area contributed by atoms with Crippen LogP contribution in [0.3, 0.4) is 0 Å². The Balaban J connectivity index is 1.72. The Hall–Kier alpha value is -2.65. The van der Waals surface area contributed by atoms with Crippen LogP contribution < -0.4 is 4.72 Å². The molecule has 1 atom stereocenters. The number of nitrogens with one attached hydrogen (secondary N) is 1. The van der Waals surface area contributed by atoms with Crippen LogP contribution in [0.1, 0.15) is 28.9 Å². The lowest BCUT2D eigenvalue weighted by Gasteiger charge is -2.24. The van der Waals surface area contributed by atoms with Crippen LogP contribution in [-0.2, 0) is 17.1 Å². The second kappa shape index (κ2) is 7.53. The number of benzene rings is 1. The van der Waals surface area contributed by atoms with Crippen molar-refractivity contribution >= 4 is 33.0 Å². The first kappa shape index (κ1) is 19.1. The van der Waals surface area contributed by atoms with Gasteiger partial charge in [-0.3, -0.25) is 14.2 Å². The Morgan fingerprint density at radius 3 is 2.52 bits per heavy atom. The molecule has 0 aliphatic heterocycles. The summed E-state index contributed by atoms with van der Waals surface area (Å²) in [6.45, 7) is 1.93. The number of hydrogen-bond acceptors (Lipinski definition) is 5. The molecule has 1 aromatic carbocycles. The number of hydrogen-bond donors (Lipinski definition) is 1. The molecule has 1 unspecified atom stereocenters. The Morgan fingerprint density at radius 2 is 1.96 bits per heavy atom. The van der Waals surface area contributed by atoms with E-state index in [9.17, 15) is 13.2 Å². The quantitative estimate of drug-likeness (QED) is 0.684. The minimum Gasteiger partial charge on any atom is -0.335 e. The van der Waals surface area contributed by atoms with E-state index in [1.807, 2.05) is 20.2 Å². The van der Waals surface area contributed by atoms with Crippen molar-refractivity contribution in [3.63, 3.8) is 0 Å². The number of aromatic nitrogens is 2. The van der Waals surface area contributed by atoms with Crippen molar-refractivity contribution in [1.29, 1.82) is 0 Å². The average molecular weight is 405 g/mol. The van der Waals surface area contributed by atoms with Crippen LogP contribution in [0.2, 0.25) is 0 Å². The van der Waals surface area contributed by atoms with E-state index >= 15 is 0 Å². The topological polar surface area (TPSA) is 84.3 Å². The fraction of sp³-hybridized carbons (Fsp3) is 0.222. The largest absolute Gasteiger partial charge is 0.335 e. The van der Waals surface area contributed by atoms with Crippen molar-refractivity contribution in [3.05, 3.63) is 65.3 Å². The Morgan fingerprint density at radius 1 is 1.26 bits per heavy atom. The summed E-state index contributed by atoms with van der Waals surface area (Å²) in [4.78, 5) is 14.3. The van der Waals surface area contributed by atoms with Crippen molar-refractivity contribution in [2.24, 2.45) is 7.05 Å². The zero-order chi connectivity index (χ0) is 19.6. The van der Waals surface area contributed by atoms with E-state index < -0.39 is 10.0 Å². The summed E-state index contributed by atoms with van der Waals surface area (Å²) in [5, 5.41) is 5.84. The van der Waals surface area contributed by atoms with Crippen LogP contribution in [-0.4, -0.2) is 36.1 Å². The second-order valence-corrected chi connectivity index (χ2v) is 9.01. The minimum absolute atomic E-state index is 0.136. The molecule has 0 radical (unpaired) electrons. The molecule has 0 spiro atoms. The highest BCUT2D eigenvalue weighted by atomic mass is 32.2. The van der Waals surface area contributed by atoms with Gasteiger partial charge in [-0.2, -0.15) is 5.10 Å². The molecule has 0 saturated carbocycles. The fourth-order valence-corrected chi connectivity index (χ4v) is 4.61. The highest BCUT2D eigenvalue weighted by Crippen LogP contribution is 2.23. The Labute approximate surface area is 162 Å². The first-order chi connectivity index (χ1) is 12.8. The molecule has 0 aliphatic rings. The molecule has 2 heterocycles. The van der Waals surface area contributed by atoms with Crippen LogP contribution >= 0.6 is 11.3 Å². The number of thiophene rings is 1. The van der Waals surface area contributed by atoms with Crippen molar-refractivity contribution in [2.45, 2.75) is 17.2 Å². The van der Waals surface area contributed by atoms with E-state index in [4.69, 9.17) is 0 Å². The average Bonchev–Trinajstić information content (AvgIpc) is 3.32. The van der Waals surface area contributed by atoms with Gasteiger partial charge in [0.05, 0.1) is 12.2 Å². The van der Waals surface area contributed by atoms with Gasteiger partial charge in [-0.25, -0.2) is 8.42 Å². The van der Waals surface area contributed by atoms with Gasteiger partial charge in [-0.05, 0) is 42.6 Å². The molecule has 7 nitrogen and oxygen atoms in total. The number of nitrogens with zero attached hydrogens (tertiary/aromatic N) is 3. The lowest BCUT2D eigenvalue weighted by Crippen LogP contribution is -2.29. The molecule has 2 aromatic heterocycles. The smallest absolute Gasteiger partial charge is 0.271 e. The van der Waals surface area contributed by atoms with Gasteiger partial charge in [0.15, 0.2) is 0 Å². The lowest BCUT2D eigenvalue weighted by atomic mass is 10.1. The summed E-state index contributed by atoms with van der Waals surface area (Å²) in [5.41, 5.74) is 1.82. The van der Waals surface area contributed by atoms with E-state index in [0.29, 0.717) is 11.3 Å². The molecule has 0 fully saturated rings. The van der Waals surface area contributed by atoms with Gasteiger partial charge in [0, 0.05) is 37.1 Å². The number of rotatable bonds is 6. The second-order valence-electron chi connectivity index (χ2n) is 6.15. The molecule has 142 valence electrons. The molecule has 0 bridgehead atoms. The van der Waals surface area contributed by atoms with Crippen LogP contribution in [0.15, 0.2) is 58.4 Å². The van der Waals surface area contributed by atoms with Crippen molar-refractivity contribution in [3.8, 4) is 0 Å². The summed E-state index contributed by atoms with van der Waals surface area (Å²) in [7, 11) is -0.0457. The molecular weight excluding hydrogens is 384 g/mol.